The van der Waals surface area contributed by atoms with Gasteiger partial charge in [-0.05, 0) is 31.9 Å². The third-order valence-electron chi connectivity index (χ3n) is 3.04. The molecular formula is C13H20N4O. The SMILES string of the molecule is CCn1c(C(N)CCCOC)nc2cccnc21. The van der Waals surface area contributed by atoms with Crippen LogP contribution in [0.3, 0.4) is 0 Å². The fraction of sp³-hybridized carbons (Fsp3) is 0.538. The molecule has 0 aliphatic heterocycles. The first-order chi connectivity index (χ1) is 8.77. The highest BCUT2D eigenvalue weighted by Crippen LogP contribution is 2.20. The van der Waals surface area contributed by atoms with E-state index in [2.05, 4.69) is 21.5 Å². The van der Waals surface area contributed by atoms with Gasteiger partial charge < -0.3 is 15.0 Å². The minimum absolute atomic E-state index is 0.0608. The van der Waals surface area contributed by atoms with Gasteiger partial charge in [0.15, 0.2) is 5.65 Å². The summed E-state index contributed by atoms with van der Waals surface area (Å²) < 4.78 is 7.14. The van der Waals surface area contributed by atoms with Gasteiger partial charge in [-0.25, -0.2) is 9.97 Å². The number of aromatic nitrogens is 3. The van der Waals surface area contributed by atoms with Crippen molar-refractivity contribution in [1.82, 2.24) is 14.5 Å². The van der Waals surface area contributed by atoms with Crippen LogP contribution in [0.1, 0.15) is 31.6 Å². The average molecular weight is 248 g/mol. The van der Waals surface area contributed by atoms with Gasteiger partial charge in [0, 0.05) is 26.5 Å². The van der Waals surface area contributed by atoms with Crippen molar-refractivity contribution >= 4 is 11.2 Å². The minimum atomic E-state index is -0.0608. The van der Waals surface area contributed by atoms with E-state index < -0.39 is 0 Å². The van der Waals surface area contributed by atoms with Crippen LogP contribution < -0.4 is 5.73 Å². The first kappa shape index (κ1) is 13.0. The minimum Gasteiger partial charge on any atom is -0.385 e. The van der Waals surface area contributed by atoms with Crippen molar-refractivity contribution in [1.29, 1.82) is 0 Å². The summed E-state index contributed by atoms with van der Waals surface area (Å²) in [5.74, 6) is 0.919. The van der Waals surface area contributed by atoms with Crippen molar-refractivity contribution in [2.24, 2.45) is 5.73 Å². The molecule has 0 fully saturated rings. The summed E-state index contributed by atoms with van der Waals surface area (Å²) in [6.45, 7) is 3.65. The molecule has 0 amide bonds. The molecule has 18 heavy (non-hydrogen) atoms. The number of aryl methyl sites for hydroxylation is 1. The number of methoxy groups -OCH3 is 1. The molecule has 0 aliphatic carbocycles. The van der Waals surface area contributed by atoms with E-state index in [9.17, 15) is 0 Å². The van der Waals surface area contributed by atoms with E-state index in [0.717, 1.165) is 43.0 Å². The molecule has 0 aromatic carbocycles. The number of hydrogen-bond donors (Lipinski definition) is 1. The molecule has 2 aromatic rings. The normalized spacial score (nSPS) is 13.1. The molecule has 2 N–H and O–H groups in total. The molecule has 0 aliphatic rings. The number of hydrogen-bond acceptors (Lipinski definition) is 4. The maximum Gasteiger partial charge on any atom is 0.160 e. The van der Waals surface area contributed by atoms with Crippen molar-refractivity contribution < 1.29 is 4.74 Å². The van der Waals surface area contributed by atoms with E-state index in [1.54, 1.807) is 13.3 Å². The molecule has 2 aromatic heterocycles. The van der Waals surface area contributed by atoms with Gasteiger partial charge in [-0.15, -0.1) is 0 Å². The number of imidazole rings is 1. The summed E-state index contributed by atoms with van der Waals surface area (Å²) in [6, 6.07) is 3.81. The average Bonchev–Trinajstić information content (AvgIpc) is 2.77. The first-order valence-electron chi connectivity index (χ1n) is 6.33. The molecule has 0 saturated heterocycles. The lowest BCUT2D eigenvalue weighted by Crippen LogP contribution is -2.17. The van der Waals surface area contributed by atoms with Crippen molar-refractivity contribution in [2.45, 2.75) is 32.4 Å². The molecule has 0 spiro atoms. The zero-order valence-corrected chi connectivity index (χ0v) is 11.0. The Kier molecular flexibility index (Phi) is 4.28. The second-order valence-corrected chi connectivity index (χ2v) is 4.30. The highest BCUT2D eigenvalue weighted by atomic mass is 16.5. The van der Waals surface area contributed by atoms with Gasteiger partial charge in [0.05, 0.1) is 6.04 Å². The van der Waals surface area contributed by atoms with Gasteiger partial charge in [0.1, 0.15) is 11.3 Å². The molecule has 5 nitrogen and oxygen atoms in total. The summed E-state index contributed by atoms with van der Waals surface area (Å²) in [7, 11) is 1.71. The molecular weight excluding hydrogens is 228 g/mol. The molecule has 5 heteroatoms. The quantitative estimate of drug-likeness (QED) is 0.793. The van der Waals surface area contributed by atoms with Crippen LogP contribution in [0.4, 0.5) is 0 Å². The van der Waals surface area contributed by atoms with E-state index in [0.29, 0.717) is 0 Å². The smallest absolute Gasteiger partial charge is 0.160 e. The summed E-state index contributed by atoms with van der Waals surface area (Å²) in [4.78, 5) is 8.97. The van der Waals surface area contributed by atoms with E-state index in [4.69, 9.17) is 10.5 Å². The van der Waals surface area contributed by atoms with Crippen molar-refractivity contribution in [2.75, 3.05) is 13.7 Å². The summed E-state index contributed by atoms with van der Waals surface area (Å²) in [6.07, 6.45) is 3.60. The molecule has 1 atom stereocenters. The van der Waals surface area contributed by atoms with E-state index in [-0.39, 0.29) is 6.04 Å². The fourth-order valence-corrected chi connectivity index (χ4v) is 2.15. The lowest BCUT2D eigenvalue weighted by molar-refractivity contribution is 0.190. The molecule has 2 heterocycles. The molecule has 1 unspecified atom stereocenters. The maximum atomic E-state index is 6.21. The monoisotopic (exact) mass is 248 g/mol. The summed E-state index contributed by atoms with van der Waals surface area (Å²) >= 11 is 0. The van der Waals surface area contributed by atoms with Gasteiger partial charge in [-0.3, -0.25) is 0 Å². The van der Waals surface area contributed by atoms with Crippen LogP contribution in [0.15, 0.2) is 18.3 Å². The Hall–Kier alpha value is -1.46. The number of ether oxygens (including phenoxy) is 1. The largest absolute Gasteiger partial charge is 0.385 e. The van der Waals surface area contributed by atoms with Crippen LogP contribution in [0.5, 0.6) is 0 Å². The Balaban J connectivity index is 2.26. The molecule has 2 rings (SSSR count). The van der Waals surface area contributed by atoms with Crippen LogP contribution in [0, 0.1) is 0 Å². The Morgan fingerprint density at radius 1 is 1.50 bits per heavy atom. The topological polar surface area (TPSA) is 66.0 Å². The molecule has 0 saturated carbocycles. The number of rotatable bonds is 6. The third-order valence-corrected chi connectivity index (χ3v) is 3.04. The highest BCUT2D eigenvalue weighted by molar-refractivity contribution is 5.71. The number of fused-ring (bicyclic) bond motifs is 1. The lowest BCUT2D eigenvalue weighted by atomic mass is 10.1. The fourth-order valence-electron chi connectivity index (χ4n) is 2.15. The summed E-state index contributed by atoms with van der Waals surface area (Å²) in [5.41, 5.74) is 8.04. The molecule has 98 valence electrons. The molecule has 0 radical (unpaired) electrons. The van der Waals surface area contributed by atoms with Crippen LogP contribution in [-0.2, 0) is 11.3 Å². The van der Waals surface area contributed by atoms with Crippen LogP contribution in [0.25, 0.3) is 11.2 Å². The lowest BCUT2D eigenvalue weighted by Gasteiger charge is -2.12. The zero-order chi connectivity index (χ0) is 13.0. The van der Waals surface area contributed by atoms with Crippen molar-refractivity contribution in [3.05, 3.63) is 24.2 Å². The van der Waals surface area contributed by atoms with E-state index in [1.165, 1.54) is 0 Å². The van der Waals surface area contributed by atoms with Gasteiger partial charge in [0.25, 0.3) is 0 Å². The Morgan fingerprint density at radius 3 is 3.06 bits per heavy atom. The van der Waals surface area contributed by atoms with E-state index in [1.807, 2.05) is 12.1 Å². The second kappa shape index (κ2) is 5.93. The van der Waals surface area contributed by atoms with Crippen molar-refractivity contribution in [3.63, 3.8) is 0 Å². The Labute approximate surface area is 107 Å². The highest BCUT2D eigenvalue weighted by Gasteiger charge is 2.16. The predicted octanol–water partition coefficient (Wildman–Crippen LogP) is 1.88. The number of nitrogens with two attached hydrogens (primary N) is 1. The van der Waals surface area contributed by atoms with Crippen molar-refractivity contribution in [3.8, 4) is 0 Å². The van der Waals surface area contributed by atoms with Gasteiger partial charge in [0.2, 0.25) is 0 Å². The zero-order valence-electron chi connectivity index (χ0n) is 11.0. The molecule has 0 bridgehead atoms. The van der Waals surface area contributed by atoms with Crippen LogP contribution in [0.2, 0.25) is 0 Å². The van der Waals surface area contributed by atoms with Crippen LogP contribution in [-0.4, -0.2) is 28.3 Å². The van der Waals surface area contributed by atoms with E-state index >= 15 is 0 Å². The van der Waals surface area contributed by atoms with Gasteiger partial charge in [-0.2, -0.15) is 0 Å². The van der Waals surface area contributed by atoms with Gasteiger partial charge >= 0.3 is 0 Å². The van der Waals surface area contributed by atoms with Gasteiger partial charge in [-0.1, -0.05) is 0 Å². The summed E-state index contributed by atoms with van der Waals surface area (Å²) in [5, 5.41) is 0. The third kappa shape index (κ3) is 2.52. The van der Waals surface area contributed by atoms with Crippen LogP contribution >= 0.6 is 0 Å². The maximum absolute atomic E-state index is 6.21. The Bertz CT molecular complexity index is 509. The number of nitrogens with zero attached hydrogens (tertiary/aromatic N) is 3. The first-order valence-corrected chi connectivity index (χ1v) is 6.33. The standard InChI is InChI=1S/C13H20N4O/c1-3-17-12(10(14)6-5-9-18-2)16-11-7-4-8-15-13(11)17/h4,7-8,10H,3,5-6,9,14H2,1-2H3. The second-order valence-electron chi connectivity index (χ2n) is 4.30. The Morgan fingerprint density at radius 2 is 2.33 bits per heavy atom. The number of pyridine rings is 1. The predicted molar refractivity (Wildman–Crippen MR) is 71.2 cm³/mol.